The van der Waals surface area contributed by atoms with E-state index in [-0.39, 0.29) is 25.0 Å². The highest BCUT2D eigenvalue weighted by atomic mass is 19.3. The molecule has 0 aliphatic carbocycles. The van der Waals surface area contributed by atoms with E-state index in [1.165, 1.54) is 0 Å². The molecule has 0 aromatic heterocycles. The molecule has 2 unspecified atom stereocenters. The predicted octanol–water partition coefficient (Wildman–Crippen LogP) is 0.854. The number of carbonyl (C=O) groups excluding carboxylic acids is 1. The van der Waals surface area contributed by atoms with Gasteiger partial charge in [0.25, 0.3) is 6.43 Å². The number of carbonyl (C=O) groups is 1. The summed E-state index contributed by atoms with van der Waals surface area (Å²) in [6.07, 6.45) is -1.41. The number of amides is 1. The maximum atomic E-state index is 11.8. The third-order valence-corrected chi connectivity index (χ3v) is 2.75. The maximum Gasteiger partial charge on any atom is 0.261 e. The predicted molar refractivity (Wildman–Crippen MR) is 59.8 cm³/mol. The van der Waals surface area contributed by atoms with E-state index in [1.807, 2.05) is 6.92 Å². The summed E-state index contributed by atoms with van der Waals surface area (Å²) in [7, 11) is 0. The average Bonchev–Trinajstić information content (AvgIpc) is 2.22. The lowest BCUT2D eigenvalue weighted by molar-refractivity contribution is -0.134. The van der Waals surface area contributed by atoms with Crippen molar-refractivity contribution in [2.45, 2.75) is 32.2 Å². The van der Waals surface area contributed by atoms with Gasteiger partial charge in [-0.05, 0) is 12.3 Å². The molecule has 1 fully saturated rings. The Morgan fingerprint density at radius 3 is 2.82 bits per heavy atom. The minimum Gasteiger partial charge on any atom is -0.375 e. The number of hydrogen-bond acceptors (Lipinski definition) is 3. The minimum absolute atomic E-state index is 0.0182. The summed E-state index contributed by atoms with van der Waals surface area (Å²) in [5.74, 6) is 0.325. The number of nitrogens with two attached hydrogens (primary N) is 1. The van der Waals surface area contributed by atoms with Gasteiger partial charge >= 0.3 is 0 Å². The van der Waals surface area contributed by atoms with Gasteiger partial charge in [0.2, 0.25) is 5.91 Å². The first-order chi connectivity index (χ1) is 7.99. The van der Waals surface area contributed by atoms with Gasteiger partial charge in [-0.15, -0.1) is 0 Å². The van der Waals surface area contributed by atoms with Crippen LogP contribution < -0.4 is 5.73 Å². The van der Waals surface area contributed by atoms with Crippen molar-refractivity contribution in [3.63, 3.8) is 0 Å². The molecule has 1 heterocycles. The molecular formula is C11H20F2N2O2. The Bertz CT molecular complexity index is 242. The minimum atomic E-state index is -2.48. The Morgan fingerprint density at radius 2 is 2.24 bits per heavy atom. The lowest BCUT2D eigenvalue weighted by Crippen LogP contribution is -2.49. The molecule has 17 heavy (non-hydrogen) atoms. The first kappa shape index (κ1) is 14.3. The Labute approximate surface area is 100 Å². The van der Waals surface area contributed by atoms with Crippen LogP contribution in [0.5, 0.6) is 0 Å². The second-order valence-corrected chi connectivity index (χ2v) is 4.62. The summed E-state index contributed by atoms with van der Waals surface area (Å²) in [4.78, 5) is 13.4. The highest BCUT2D eigenvalue weighted by molar-refractivity contribution is 5.76. The van der Waals surface area contributed by atoms with Crippen molar-refractivity contribution in [2.75, 3.05) is 26.3 Å². The number of rotatable bonds is 5. The number of nitrogens with zero attached hydrogens (tertiary/aromatic N) is 1. The summed E-state index contributed by atoms with van der Waals surface area (Å²) in [5, 5.41) is 0. The van der Waals surface area contributed by atoms with Crippen molar-refractivity contribution in [1.29, 1.82) is 0 Å². The third kappa shape index (κ3) is 5.41. The molecule has 1 amide bonds. The first-order valence-electron chi connectivity index (χ1n) is 5.88. The molecule has 0 aromatic carbocycles. The summed E-state index contributed by atoms with van der Waals surface area (Å²) in [6.45, 7) is 2.73. The van der Waals surface area contributed by atoms with Crippen molar-refractivity contribution in [3.8, 4) is 0 Å². The average molecular weight is 250 g/mol. The molecule has 1 aliphatic heterocycles. The van der Waals surface area contributed by atoms with E-state index in [0.29, 0.717) is 19.0 Å². The molecule has 100 valence electrons. The topological polar surface area (TPSA) is 55.6 Å². The van der Waals surface area contributed by atoms with E-state index >= 15 is 0 Å². The monoisotopic (exact) mass is 250 g/mol. The van der Waals surface area contributed by atoms with Gasteiger partial charge in [-0.25, -0.2) is 8.78 Å². The van der Waals surface area contributed by atoms with Crippen molar-refractivity contribution >= 4 is 5.91 Å². The Balaban J connectivity index is 2.22. The maximum absolute atomic E-state index is 11.8. The van der Waals surface area contributed by atoms with Crippen LogP contribution >= 0.6 is 0 Å². The summed E-state index contributed by atoms with van der Waals surface area (Å²) in [6, 6.07) is 0.0182. The zero-order chi connectivity index (χ0) is 12.8. The number of piperidine rings is 1. The fourth-order valence-electron chi connectivity index (χ4n) is 2.09. The van der Waals surface area contributed by atoms with Crippen LogP contribution in [0.3, 0.4) is 0 Å². The molecule has 0 radical (unpaired) electrons. The van der Waals surface area contributed by atoms with E-state index in [2.05, 4.69) is 4.74 Å². The largest absolute Gasteiger partial charge is 0.375 e. The van der Waals surface area contributed by atoms with Crippen LogP contribution in [0.4, 0.5) is 8.78 Å². The molecule has 4 nitrogen and oxygen atoms in total. The van der Waals surface area contributed by atoms with Crippen molar-refractivity contribution in [1.82, 2.24) is 4.90 Å². The highest BCUT2D eigenvalue weighted by Crippen LogP contribution is 2.15. The molecule has 0 saturated carbocycles. The van der Waals surface area contributed by atoms with Gasteiger partial charge < -0.3 is 15.4 Å². The van der Waals surface area contributed by atoms with Crippen LogP contribution in [0.25, 0.3) is 0 Å². The molecular weight excluding hydrogens is 230 g/mol. The standard InChI is InChI=1S/C11H20F2N2O2/c1-8-4-9(14)6-15(5-8)11(16)2-3-17-7-10(12)13/h8-10H,2-7,14H2,1H3. The van der Waals surface area contributed by atoms with Gasteiger partial charge in [-0.2, -0.15) is 0 Å². The molecule has 1 rings (SSSR count). The SMILES string of the molecule is CC1CC(N)CN(C(=O)CCOCC(F)F)C1. The van der Waals surface area contributed by atoms with Gasteiger partial charge in [0, 0.05) is 19.1 Å². The summed E-state index contributed by atoms with van der Waals surface area (Å²) in [5.41, 5.74) is 5.82. The van der Waals surface area contributed by atoms with Crippen LogP contribution in [0.2, 0.25) is 0 Å². The molecule has 2 atom stereocenters. The molecule has 1 aliphatic rings. The van der Waals surface area contributed by atoms with Gasteiger partial charge in [-0.3, -0.25) is 4.79 Å². The number of alkyl halides is 2. The molecule has 6 heteroatoms. The second-order valence-electron chi connectivity index (χ2n) is 4.62. The van der Waals surface area contributed by atoms with Crippen LogP contribution in [-0.2, 0) is 9.53 Å². The van der Waals surface area contributed by atoms with Crippen molar-refractivity contribution in [2.24, 2.45) is 11.7 Å². The van der Waals surface area contributed by atoms with E-state index < -0.39 is 13.0 Å². The fraction of sp³-hybridized carbons (Fsp3) is 0.909. The van der Waals surface area contributed by atoms with E-state index in [1.54, 1.807) is 4.90 Å². The molecule has 2 N–H and O–H groups in total. The quantitative estimate of drug-likeness (QED) is 0.736. The van der Waals surface area contributed by atoms with Gasteiger partial charge in [0.05, 0.1) is 13.0 Å². The number of ether oxygens (including phenoxy) is 1. The normalized spacial score (nSPS) is 25.4. The van der Waals surface area contributed by atoms with Crippen molar-refractivity contribution in [3.05, 3.63) is 0 Å². The van der Waals surface area contributed by atoms with Gasteiger partial charge in [0.15, 0.2) is 0 Å². The Morgan fingerprint density at radius 1 is 1.53 bits per heavy atom. The van der Waals surface area contributed by atoms with Crippen LogP contribution in [0.1, 0.15) is 19.8 Å². The smallest absolute Gasteiger partial charge is 0.261 e. The number of likely N-dealkylation sites (tertiary alicyclic amines) is 1. The number of halogens is 2. The lowest BCUT2D eigenvalue weighted by Gasteiger charge is -2.34. The van der Waals surface area contributed by atoms with E-state index in [4.69, 9.17) is 5.73 Å². The molecule has 0 aromatic rings. The second kappa shape index (κ2) is 6.86. The fourth-order valence-corrected chi connectivity index (χ4v) is 2.09. The lowest BCUT2D eigenvalue weighted by atomic mass is 9.96. The highest BCUT2D eigenvalue weighted by Gasteiger charge is 2.25. The van der Waals surface area contributed by atoms with Crippen LogP contribution in [0.15, 0.2) is 0 Å². The third-order valence-electron chi connectivity index (χ3n) is 2.75. The zero-order valence-electron chi connectivity index (χ0n) is 10.1. The van der Waals surface area contributed by atoms with Crippen LogP contribution in [0, 0.1) is 5.92 Å². The van der Waals surface area contributed by atoms with E-state index in [9.17, 15) is 13.6 Å². The first-order valence-corrected chi connectivity index (χ1v) is 5.88. The molecule has 1 saturated heterocycles. The molecule has 0 spiro atoms. The van der Waals surface area contributed by atoms with E-state index in [0.717, 1.165) is 6.42 Å². The number of hydrogen-bond donors (Lipinski definition) is 1. The van der Waals surface area contributed by atoms with Crippen molar-refractivity contribution < 1.29 is 18.3 Å². The summed E-state index contributed by atoms with van der Waals surface area (Å²) >= 11 is 0. The molecule has 0 bridgehead atoms. The Hall–Kier alpha value is -0.750. The van der Waals surface area contributed by atoms with Gasteiger partial charge in [0.1, 0.15) is 6.61 Å². The van der Waals surface area contributed by atoms with Crippen LogP contribution in [-0.4, -0.2) is 49.6 Å². The van der Waals surface area contributed by atoms with Gasteiger partial charge in [-0.1, -0.05) is 6.92 Å². The Kier molecular flexibility index (Phi) is 5.77. The summed E-state index contributed by atoms with van der Waals surface area (Å²) < 4.78 is 28.2. The zero-order valence-corrected chi connectivity index (χ0v) is 10.1.